The van der Waals surface area contributed by atoms with Crippen LogP contribution in [0.2, 0.25) is 0 Å². The smallest absolute Gasteiger partial charge is 0.256 e. The summed E-state index contributed by atoms with van der Waals surface area (Å²) in [4.78, 5) is 45.9. The molecule has 3 heterocycles. The van der Waals surface area contributed by atoms with Crippen LogP contribution in [-0.2, 0) is 11.3 Å². The summed E-state index contributed by atoms with van der Waals surface area (Å²) in [6, 6.07) is 14.3. The third-order valence-corrected chi connectivity index (χ3v) is 7.89. The number of likely N-dealkylation sites (tertiary alicyclic amines) is 1. The molecule has 2 aromatic carbocycles. The van der Waals surface area contributed by atoms with Gasteiger partial charge in [0.05, 0.1) is 17.8 Å². The van der Waals surface area contributed by atoms with Crippen molar-refractivity contribution in [3.63, 3.8) is 0 Å². The average Bonchev–Trinajstić information content (AvgIpc) is 3.38. The molecule has 3 amide bonds. The van der Waals surface area contributed by atoms with Crippen molar-refractivity contribution in [3.8, 4) is 0 Å². The molecule has 3 aliphatic heterocycles. The maximum Gasteiger partial charge on any atom is 0.256 e. The fraction of sp³-hybridized carbons (Fsp3) is 0.483. The van der Waals surface area contributed by atoms with Crippen LogP contribution >= 0.6 is 0 Å². The molecule has 0 radical (unpaired) electrons. The summed E-state index contributed by atoms with van der Waals surface area (Å²) in [6.45, 7) is 7.08. The van der Waals surface area contributed by atoms with Crippen molar-refractivity contribution >= 4 is 23.4 Å². The van der Waals surface area contributed by atoms with Crippen molar-refractivity contribution in [2.24, 2.45) is 5.92 Å². The first-order valence-electron chi connectivity index (χ1n) is 13.3. The predicted octanol–water partition coefficient (Wildman–Crippen LogP) is 3.69. The van der Waals surface area contributed by atoms with Gasteiger partial charge in [-0.15, -0.1) is 0 Å². The molecular formula is C29H36N4O3. The number of fused-ring (bicyclic) bond motifs is 2. The Morgan fingerprint density at radius 1 is 0.972 bits per heavy atom. The predicted molar refractivity (Wildman–Crippen MR) is 140 cm³/mol. The van der Waals surface area contributed by atoms with Gasteiger partial charge in [0.25, 0.3) is 11.8 Å². The second-order valence-corrected chi connectivity index (χ2v) is 10.4. The minimum absolute atomic E-state index is 0.0724. The van der Waals surface area contributed by atoms with Crippen LogP contribution in [0.5, 0.6) is 0 Å². The quantitative estimate of drug-likeness (QED) is 0.604. The van der Waals surface area contributed by atoms with Crippen LogP contribution in [0.4, 0.5) is 5.69 Å². The van der Waals surface area contributed by atoms with E-state index in [0.717, 1.165) is 44.0 Å². The number of anilines is 1. The van der Waals surface area contributed by atoms with Gasteiger partial charge in [0.1, 0.15) is 6.04 Å². The molecule has 1 atom stereocenters. The van der Waals surface area contributed by atoms with E-state index in [4.69, 9.17) is 0 Å². The number of piperidine rings is 1. The van der Waals surface area contributed by atoms with Gasteiger partial charge in [-0.2, -0.15) is 0 Å². The highest BCUT2D eigenvalue weighted by Crippen LogP contribution is 2.33. The highest BCUT2D eigenvalue weighted by atomic mass is 16.2. The lowest BCUT2D eigenvalue weighted by Crippen LogP contribution is -2.44. The van der Waals surface area contributed by atoms with Gasteiger partial charge in [-0.3, -0.25) is 14.4 Å². The van der Waals surface area contributed by atoms with Gasteiger partial charge >= 0.3 is 0 Å². The number of benzene rings is 2. The first kappa shape index (κ1) is 24.5. The molecule has 0 bridgehead atoms. The van der Waals surface area contributed by atoms with E-state index in [2.05, 4.69) is 17.1 Å². The normalized spacial score (nSPS) is 20.8. The number of para-hydroxylation sites is 1. The van der Waals surface area contributed by atoms with E-state index < -0.39 is 6.04 Å². The molecule has 7 heteroatoms. The fourth-order valence-electron chi connectivity index (χ4n) is 5.71. The highest BCUT2D eigenvalue weighted by molar-refractivity contribution is 6.11. The molecule has 0 aromatic heterocycles. The van der Waals surface area contributed by atoms with Crippen LogP contribution in [0.15, 0.2) is 48.5 Å². The molecule has 1 N–H and O–H groups in total. The maximum atomic E-state index is 13.6. The molecule has 190 valence electrons. The van der Waals surface area contributed by atoms with E-state index in [9.17, 15) is 14.4 Å². The third kappa shape index (κ3) is 5.03. The Morgan fingerprint density at radius 2 is 1.72 bits per heavy atom. The molecule has 0 unspecified atom stereocenters. The number of hydrogen-bond donors (Lipinski definition) is 1. The molecule has 0 spiro atoms. The Labute approximate surface area is 213 Å². The Kier molecular flexibility index (Phi) is 7.37. The average molecular weight is 489 g/mol. The molecule has 7 nitrogen and oxygen atoms in total. The van der Waals surface area contributed by atoms with Crippen LogP contribution in [-0.4, -0.2) is 66.3 Å². The topological polar surface area (TPSA) is 73.0 Å². The van der Waals surface area contributed by atoms with Gasteiger partial charge in [-0.25, -0.2) is 0 Å². The van der Waals surface area contributed by atoms with Gasteiger partial charge in [-0.1, -0.05) is 37.3 Å². The second-order valence-electron chi connectivity index (χ2n) is 10.4. The minimum atomic E-state index is -0.441. The Morgan fingerprint density at radius 3 is 2.56 bits per heavy atom. The molecule has 2 fully saturated rings. The van der Waals surface area contributed by atoms with E-state index in [0.29, 0.717) is 36.3 Å². The largest absolute Gasteiger partial charge is 0.352 e. The summed E-state index contributed by atoms with van der Waals surface area (Å²) in [5.41, 5.74) is 2.52. The van der Waals surface area contributed by atoms with E-state index >= 15 is 0 Å². The van der Waals surface area contributed by atoms with Crippen molar-refractivity contribution in [1.29, 1.82) is 0 Å². The molecule has 2 saturated heterocycles. The standard InChI is InChI=1S/C29H36N4O3/c1-21-13-18-31(19-14-21)16-7-15-30-27(34)23-9-3-2-8-22(23)20-33-25-11-5-4-10-24(25)28(35)32-17-6-12-26(32)29(33)36/h2-5,8-11,21,26H,6-7,12-20H2,1H3,(H,30,34)/t26-/m1/s1. The summed E-state index contributed by atoms with van der Waals surface area (Å²) in [7, 11) is 0. The summed E-state index contributed by atoms with van der Waals surface area (Å²) in [5.74, 6) is 0.539. The monoisotopic (exact) mass is 488 g/mol. The van der Waals surface area contributed by atoms with Crippen molar-refractivity contribution in [3.05, 3.63) is 65.2 Å². The summed E-state index contributed by atoms with van der Waals surface area (Å²) in [5, 5.41) is 3.08. The van der Waals surface area contributed by atoms with Crippen LogP contribution in [0.1, 0.15) is 65.3 Å². The molecule has 36 heavy (non-hydrogen) atoms. The van der Waals surface area contributed by atoms with Gasteiger partial charge in [-0.05, 0) is 81.4 Å². The Bertz CT molecular complexity index is 1130. The van der Waals surface area contributed by atoms with E-state index in [1.807, 2.05) is 42.5 Å². The van der Waals surface area contributed by atoms with Crippen molar-refractivity contribution < 1.29 is 14.4 Å². The number of carbonyl (C=O) groups is 3. The minimum Gasteiger partial charge on any atom is -0.352 e. The number of carbonyl (C=O) groups excluding carboxylic acids is 3. The number of amides is 3. The van der Waals surface area contributed by atoms with E-state index in [1.54, 1.807) is 15.9 Å². The number of hydrogen-bond acceptors (Lipinski definition) is 4. The van der Waals surface area contributed by atoms with Crippen molar-refractivity contribution in [2.75, 3.05) is 37.6 Å². The lowest BCUT2D eigenvalue weighted by Gasteiger charge is -2.30. The van der Waals surface area contributed by atoms with E-state index in [-0.39, 0.29) is 24.3 Å². The van der Waals surface area contributed by atoms with Gasteiger partial charge in [0.15, 0.2) is 0 Å². The SMILES string of the molecule is CC1CCN(CCCNC(=O)c2ccccc2CN2C(=O)[C@H]3CCCN3C(=O)c3ccccc32)CC1. The Balaban J connectivity index is 1.29. The lowest BCUT2D eigenvalue weighted by molar-refractivity contribution is -0.122. The van der Waals surface area contributed by atoms with Crippen LogP contribution in [0.3, 0.4) is 0 Å². The number of nitrogens with one attached hydrogen (secondary N) is 1. The molecule has 5 rings (SSSR count). The van der Waals surface area contributed by atoms with Crippen molar-refractivity contribution in [1.82, 2.24) is 15.1 Å². The second kappa shape index (κ2) is 10.8. The maximum absolute atomic E-state index is 13.6. The first-order chi connectivity index (χ1) is 17.5. The Hall–Kier alpha value is -3.19. The number of nitrogens with zero attached hydrogens (tertiary/aromatic N) is 3. The zero-order valence-electron chi connectivity index (χ0n) is 21.1. The zero-order valence-corrected chi connectivity index (χ0v) is 21.1. The van der Waals surface area contributed by atoms with Gasteiger partial charge in [0.2, 0.25) is 5.91 Å². The zero-order chi connectivity index (χ0) is 25.1. The van der Waals surface area contributed by atoms with Gasteiger partial charge < -0.3 is 20.0 Å². The molecule has 0 saturated carbocycles. The summed E-state index contributed by atoms with van der Waals surface area (Å²) >= 11 is 0. The van der Waals surface area contributed by atoms with E-state index in [1.165, 1.54) is 12.8 Å². The number of rotatable bonds is 7. The van der Waals surface area contributed by atoms with Crippen molar-refractivity contribution in [2.45, 2.75) is 51.6 Å². The highest BCUT2D eigenvalue weighted by Gasteiger charge is 2.42. The molecule has 3 aliphatic rings. The molecule has 0 aliphatic carbocycles. The van der Waals surface area contributed by atoms with Gasteiger partial charge in [0, 0.05) is 18.7 Å². The first-order valence-corrected chi connectivity index (χ1v) is 13.3. The summed E-state index contributed by atoms with van der Waals surface area (Å²) in [6.07, 6.45) is 4.92. The lowest BCUT2D eigenvalue weighted by atomic mass is 9.99. The molecular weight excluding hydrogens is 452 g/mol. The summed E-state index contributed by atoms with van der Waals surface area (Å²) < 4.78 is 0. The van der Waals surface area contributed by atoms with Crippen LogP contribution < -0.4 is 10.2 Å². The fourth-order valence-corrected chi connectivity index (χ4v) is 5.71. The third-order valence-electron chi connectivity index (χ3n) is 7.89. The van der Waals surface area contributed by atoms with Crippen LogP contribution in [0.25, 0.3) is 0 Å². The molecule has 2 aromatic rings. The van der Waals surface area contributed by atoms with Crippen LogP contribution in [0, 0.1) is 5.92 Å².